The van der Waals surface area contributed by atoms with Gasteiger partial charge in [-0.05, 0) is 68.2 Å². The summed E-state index contributed by atoms with van der Waals surface area (Å²) >= 11 is 6.55. The van der Waals surface area contributed by atoms with Crippen molar-refractivity contribution < 1.29 is 19.1 Å². The van der Waals surface area contributed by atoms with E-state index in [1.54, 1.807) is 29.8 Å². The summed E-state index contributed by atoms with van der Waals surface area (Å²) < 4.78 is 13.1. The predicted octanol–water partition coefficient (Wildman–Crippen LogP) is 5.75. The third-order valence-electron chi connectivity index (χ3n) is 6.97. The molecule has 5 rings (SSSR count). The van der Waals surface area contributed by atoms with Crippen molar-refractivity contribution in [3.05, 3.63) is 82.0 Å². The molecule has 1 unspecified atom stereocenters. The minimum Gasteiger partial charge on any atom is -0.492 e. The Balaban J connectivity index is 1.62. The normalized spacial score (nSPS) is 18.5. The Morgan fingerprint density at radius 1 is 1.20 bits per heavy atom. The van der Waals surface area contributed by atoms with Gasteiger partial charge in [0.25, 0.3) is 11.8 Å². The Morgan fingerprint density at radius 3 is 2.67 bits per heavy atom. The summed E-state index contributed by atoms with van der Waals surface area (Å²) in [5.41, 5.74) is 3.32. The molecule has 0 aliphatic carbocycles. The Hall–Kier alpha value is -4.19. The second kappa shape index (κ2) is 11.9. The third kappa shape index (κ3) is 5.44. The number of ether oxygens (including phenoxy) is 2. The largest absolute Gasteiger partial charge is 0.492 e. The van der Waals surface area contributed by atoms with Crippen molar-refractivity contribution in [3.63, 3.8) is 0 Å². The van der Waals surface area contributed by atoms with Crippen molar-refractivity contribution in [1.29, 1.82) is 5.26 Å². The molecule has 1 atom stereocenters. The number of rotatable bonds is 8. The lowest BCUT2D eigenvalue weighted by Crippen LogP contribution is -2.46. The average molecular weight is 557 g/mol. The van der Waals surface area contributed by atoms with Crippen LogP contribution in [0.15, 0.2) is 71.4 Å². The van der Waals surface area contributed by atoms with Crippen LogP contribution in [0.25, 0.3) is 23.0 Å². The first kappa shape index (κ1) is 27.4. The van der Waals surface area contributed by atoms with Crippen molar-refractivity contribution >= 4 is 29.5 Å². The van der Waals surface area contributed by atoms with Crippen molar-refractivity contribution in [2.75, 3.05) is 19.8 Å². The maximum atomic E-state index is 13.7. The maximum absolute atomic E-state index is 13.7. The first-order valence-electron chi connectivity index (χ1n) is 13.3. The minimum atomic E-state index is -0.590. The summed E-state index contributed by atoms with van der Waals surface area (Å²) in [4.78, 5) is 27.9. The molecule has 2 aliphatic rings. The highest BCUT2D eigenvalue weighted by Gasteiger charge is 2.37. The maximum Gasteiger partial charge on any atom is 0.271 e. The van der Waals surface area contributed by atoms with E-state index in [1.807, 2.05) is 55.6 Å². The van der Waals surface area contributed by atoms with E-state index in [9.17, 15) is 14.9 Å². The molecular formula is C31H29ClN4O4. The molecule has 0 N–H and O–H groups in total. The highest BCUT2D eigenvalue weighted by Crippen LogP contribution is 2.35. The van der Waals surface area contributed by atoms with E-state index in [0.29, 0.717) is 40.8 Å². The van der Waals surface area contributed by atoms with Crippen molar-refractivity contribution in [2.45, 2.75) is 39.2 Å². The first-order valence-corrected chi connectivity index (χ1v) is 13.7. The number of amides is 2. The van der Waals surface area contributed by atoms with E-state index < -0.39 is 11.8 Å². The second-order valence-electron chi connectivity index (χ2n) is 9.73. The number of nitrogens with zero attached hydrogens (tertiary/aromatic N) is 4. The highest BCUT2D eigenvalue weighted by molar-refractivity contribution is 6.32. The third-order valence-corrected chi connectivity index (χ3v) is 7.26. The molecule has 1 fully saturated rings. The van der Waals surface area contributed by atoms with Gasteiger partial charge in [-0.25, -0.2) is 4.68 Å². The fourth-order valence-electron chi connectivity index (χ4n) is 4.85. The fraction of sp³-hybridized carbons (Fsp3) is 0.290. The van der Waals surface area contributed by atoms with Gasteiger partial charge in [0.2, 0.25) is 0 Å². The van der Waals surface area contributed by atoms with Crippen LogP contribution in [0.2, 0.25) is 5.02 Å². The quantitative estimate of drug-likeness (QED) is 0.259. The van der Waals surface area contributed by atoms with Crippen LogP contribution in [0.3, 0.4) is 0 Å². The highest BCUT2D eigenvalue weighted by atomic mass is 35.5. The summed E-state index contributed by atoms with van der Waals surface area (Å²) in [5.74, 6) is -0.470. The SMILES string of the molecule is CCCOc1ccc(-c2nn(-c3ccccc3)cc2/C=C2/C(=O)N(CC3CCCO3)C(=O)C(C#N)=C2C)cc1Cl. The van der Waals surface area contributed by atoms with Gasteiger partial charge >= 0.3 is 0 Å². The summed E-state index contributed by atoms with van der Waals surface area (Å²) in [6.45, 7) is 4.90. The molecular weight excluding hydrogens is 528 g/mol. The van der Waals surface area contributed by atoms with Crippen LogP contribution in [0.4, 0.5) is 0 Å². The van der Waals surface area contributed by atoms with Crippen LogP contribution in [-0.4, -0.2) is 52.4 Å². The van der Waals surface area contributed by atoms with Gasteiger partial charge in [-0.2, -0.15) is 10.4 Å². The number of carbonyl (C=O) groups excluding carboxylic acids is 2. The van der Waals surface area contributed by atoms with Gasteiger partial charge in [0.05, 0.1) is 30.0 Å². The molecule has 1 saturated heterocycles. The zero-order valence-electron chi connectivity index (χ0n) is 22.4. The Labute approximate surface area is 238 Å². The fourth-order valence-corrected chi connectivity index (χ4v) is 5.09. The van der Waals surface area contributed by atoms with E-state index in [4.69, 9.17) is 26.2 Å². The zero-order chi connectivity index (χ0) is 28.2. The molecule has 9 heteroatoms. The molecule has 8 nitrogen and oxygen atoms in total. The average Bonchev–Trinajstić information content (AvgIpc) is 3.64. The lowest BCUT2D eigenvalue weighted by Gasteiger charge is -2.29. The van der Waals surface area contributed by atoms with Gasteiger partial charge in [0.15, 0.2) is 0 Å². The molecule has 2 aliphatic heterocycles. The van der Waals surface area contributed by atoms with Gasteiger partial charge in [0, 0.05) is 29.5 Å². The lowest BCUT2D eigenvalue weighted by atomic mass is 9.93. The molecule has 0 spiro atoms. The smallest absolute Gasteiger partial charge is 0.271 e. The van der Waals surface area contributed by atoms with E-state index in [0.717, 1.165) is 35.4 Å². The van der Waals surface area contributed by atoms with E-state index in [-0.39, 0.29) is 23.8 Å². The Bertz CT molecular complexity index is 1540. The van der Waals surface area contributed by atoms with Gasteiger partial charge in [0.1, 0.15) is 23.1 Å². The molecule has 1 aromatic heterocycles. The summed E-state index contributed by atoms with van der Waals surface area (Å²) in [6, 6.07) is 17.1. The Kier molecular flexibility index (Phi) is 8.15. The van der Waals surface area contributed by atoms with Gasteiger partial charge in [-0.15, -0.1) is 0 Å². The summed E-state index contributed by atoms with van der Waals surface area (Å²) in [7, 11) is 0. The number of aromatic nitrogens is 2. The predicted molar refractivity (Wildman–Crippen MR) is 152 cm³/mol. The van der Waals surface area contributed by atoms with E-state index >= 15 is 0 Å². The molecule has 3 aromatic rings. The van der Waals surface area contributed by atoms with E-state index in [2.05, 4.69) is 0 Å². The second-order valence-corrected chi connectivity index (χ2v) is 10.1. The molecule has 2 aromatic carbocycles. The molecule has 40 heavy (non-hydrogen) atoms. The van der Waals surface area contributed by atoms with Crippen LogP contribution >= 0.6 is 11.6 Å². The van der Waals surface area contributed by atoms with Gasteiger partial charge in [-0.3, -0.25) is 14.5 Å². The molecule has 0 saturated carbocycles. The first-order chi connectivity index (χ1) is 19.4. The Morgan fingerprint density at radius 2 is 2.00 bits per heavy atom. The zero-order valence-corrected chi connectivity index (χ0v) is 23.1. The number of imide groups is 1. The minimum absolute atomic E-state index is 0.0543. The van der Waals surface area contributed by atoms with Crippen LogP contribution in [0, 0.1) is 11.3 Å². The number of benzene rings is 2. The molecule has 204 valence electrons. The number of hydrogen-bond acceptors (Lipinski definition) is 6. The monoisotopic (exact) mass is 556 g/mol. The topological polar surface area (TPSA) is 97.4 Å². The van der Waals surface area contributed by atoms with Crippen LogP contribution in [0.5, 0.6) is 5.75 Å². The molecule has 2 amide bonds. The van der Waals surface area contributed by atoms with Crippen LogP contribution < -0.4 is 4.74 Å². The number of para-hydroxylation sites is 1. The van der Waals surface area contributed by atoms with Crippen LogP contribution in [0.1, 0.15) is 38.7 Å². The van der Waals surface area contributed by atoms with E-state index in [1.165, 1.54) is 0 Å². The summed E-state index contributed by atoms with van der Waals surface area (Å²) in [6.07, 6.45) is 5.76. The summed E-state index contributed by atoms with van der Waals surface area (Å²) in [5, 5.41) is 15.1. The lowest BCUT2D eigenvalue weighted by molar-refractivity contribution is -0.142. The van der Waals surface area contributed by atoms with Crippen molar-refractivity contribution in [1.82, 2.24) is 14.7 Å². The number of carbonyl (C=O) groups is 2. The number of nitriles is 1. The molecule has 0 bridgehead atoms. The van der Waals surface area contributed by atoms with Crippen molar-refractivity contribution in [3.8, 4) is 28.8 Å². The van der Waals surface area contributed by atoms with Gasteiger partial charge < -0.3 is 9.47 Å². The van der Waals surface area contributed by atoms with Crippen molar-refractivity contribution in [2.24, 2.45) is 0 Å². The number of halogens is 1. The standard InChI is InChI=1S/C31H29ClN4O4/c1-3-13-40-28-12-11-21(16-27(28)32)29-22(18-36(34-29)23-8-5-4-6-9-23)15-25-20(2)26(17-33)31(38)35(30(25)37)19-24-10-7-14-39-24/h4-6,8-9,11-12,15-16,18,24H,3,7,10,13-14,19H2,1-2H3/b25-15+. The van der Waals surface area contributed by atoms with Crippen LogP contribution in [-0.2, 0) is 14.3 Å². The number of hydrogen-bond donors (Lipinski definition) is 0. The molecule has 0 radical (unpaired) electrons. The van der Waals surface area contributed by atoms with Gasteiger partial charge in [-0.1, -0.05) is 36.7 Å². The molecule has 3 heterocycles.